The van der Waals surface area contributed by atoms with E-state index in [4.69, 9.17) is 0 Å². The first kappa shape index (κ1) is 17.2. The fourth-order valence-corrected chi connectivity index (χ4v) is 3.26. The van der Waals surface area contributed by atoms with Crippen LogP contribution in [0.1, 0.15) is 43.9 Å². The minimum Gasteiger partial charge on any atom is -0.392 e. The van der Waals surface area contributed by atoms with E-state index in [0.29, 0.717) is 12.6 Å². The van der Waals surface area contributed by atoms with Crippen LogP contribution >= 0.6 is 0 Å². The summed E-state index contributed by atoms with van der Waals surface area (Å²) in [5, 5.41) is 10.2. The highest BCUT2D eigenvalue weighted by molar-refractivity contribution is 5.19. The SMILES string of the molecule is CCC[C@H](O)CN(Cc1cccn1Cc1cccc(F)c1)C1CC1. The van der Waals surface area contributed by atoms with Gasteiger partial charge in [0.1, 0.15) is 5.82 Å². The zero-order valence-electron chi connectivity index (χ0n) is 14.4. The summed E-state index contributed by atoms with van der Waals surface area (Å²) in [6, 6.07) is 11.6. The third-order valence-electron chi connectivity index (χ3n) is 4.66. The zero-order chi connectivity index (χ0) is 16.9. The van der Waals surface area contributed by atoms with Gasteiger partial charge in [0.05, 0.1) is 6.10 Å². The van der Waals surface area contributed by atoms with Crippen molar-refractivity contribution in [3.05, 3.63) is 59.7 Å². The molecule has 2 aromatic rings. The van der Waals surface area contributed by atoms with Crippen molar-refractivity contribution in [1.82, 2.24) is 9.47 Å². The van der Waals surface area contributed by atoms with Gasteiger partial charge < -0.3 is 9.67 Å². The molecule has 0 unspecified atom stereocenters. The Bertz CT molecular complexity index is 651. The Labute approximate surface area is 143 Å². The van der Waals surface area contributed by atoms with Gasteiger partial charge in [-0.3, -0.25) is 4.90 Å². The first-order chi connectivity index (χ1) is 11.7. The van der Waals surface area contributed by atoms with Gasteiger partial charge in [-0.15, -0.1) is 0 Å². The van der Waals surface area contributed by atoms with Crippen LogP contribution in [0.5, 0.6) is 0 Å². The van der Waals surface area contributed by atoms with E-state index in [0.717, 1.165) is 31.5 Å². The molecule has 0 aliphatic heterocycles. The van der Waals surface area contributed by atoms with Crippen LogP contribution in [-0.2, 0) is 13.1 Å². The van der Waals surface area contributed by atoms with Crippen molar-refractivity contribution in [1.29, 1.82) is 0 Å². The number of hydrogen-bond donors (Lipinski definition) is 1. The number of aromatic nitrogens is 1. The monoisotopic (exact) mass is 330 g/mol. The molecule has 1 aromatic heterocycles. The Morgan fingerprint density at radius 2 is 2.12 bits per heavy atom. The van der Waals surface area contributed by atoms with Gasteiger partial charge in [0.25, 0.3) is 0 Å². The van der Waals surface area contributed by atoms with E-state index >= 15 is 0 Å². The predicted molar refractivity (Wildman–Crippen MR) is 94.3 cm³/mol. The van der Waals surface area contributed by atoms with Gasteiger partial charge in [-0.25, -0.2) is 4.39 Å². The molecule has 0 saturated heterocycles. The number of halogens is 1. The van der Waals surface area contributed by atoms with Gasteiger partial charge in [-0.2, -0.15) is 0 Å². The minimum atomic E-state index is -0.248. The van der Waals surface area contributed by atoms with E-state index in [9.17, 15) is 9.50 Å². The van der Waals surface area contributed by atoms with E-state index in [1.165, 1.54) is 24.6 Å². The van der Waals surface area contributed by atoms with Crippen LogP contribution in [0.2, 0.25) is 0 Å². The zero-order valence-corrected chi connectivity index (χ0v) is 14.4. The highest BCUT2D eigenvalue weighted by Gasteiger charge is 2.30. The van der Waals surface area contributed by atoms with E-state index in [1.807, 2.05) is 18.3 Å². The number of rotatable bonds is 9. The average molecular weight is 330 g/mol. The molecule has 1 aromatic carbocycles. The van der Waals surface area contributed by atoms with Crippen LogP contribution in [0.4, 0.5) is 4.39 Å². The van der Waals surface area contributed by atoms with Crippen LogP contribution in [0.3, 0.4) is 0 Å². The van der Waals surface area contributed by atoms with Gasteiger partial charge in [0, 0.05) is 37.6 Å². The molecule has 1 aliphatic carbocycles. The Hall–Kier alpha value is -1.65. The molecule has 4 heteroatoms. The number of benzene rings is 1. The number of nitrogens with zero attached hydrogens (tertiary/aromatic N) is 2. The van der Waals surface area contributed by atoms with E-state index < -0.39 is 0 Å². The fourth-order valence-electron chi connectivity index (χ4n) is 3.26. The lowest BCUT2D eigenvalue weighted by Crippen LogP contribution is -2.34. The summed E-state index contributed by atoms with van der Waals surface area (Å²) in [6.45, 7) is 4.36. The molecule has 3 rings (SSSR count). The first-order valence-corrected chi connectivity index (χ1v) is 8.96. The molecule has 1 heterocycles. The molecule has 0 radical (unpaired) electrons. The maximum atomic E-state index is 13.4. The molecule has 1 fully saturated rings. The van der Waals surface area contributed by atoms with Crippen LogP contribution in [0.15, 0.2) is 42.6 Å². The second-order valence-corrected chi connectivity index (χ2v) is 6.86. The summed E-state index contributed by atoms with van der Waals surface area (Å²) in [5.74, 6) is -0.191. The average Bonchev–Trinajstić information content (AvgIpc) is 3.30. The summed E-state index contributed by atoms with van der Waals surface area (Å²) in [7, 11) is 0. The van der Waals surface area contributed by atoms with Crippen molar-refractivity contribution in [2.75, 3.05) is 6.54 Å². The highest BCUT2D eigenvalue weighted by Crippen LogP contribution is 2.29. The van der Waals surface area contributed by atoms with Gasteiger partial charge in [-0.1, -0.05) is 25.5 Å². The summed E-state index contributed by atoms with van der Waals surface area (Å²) in [5.41, 5.74) is 2.19. The van der Waals surface area contributed by atoms with Gasteiger partial charge in [0.2, 0.25) is 0 Å². The Balaban J connectivity index is 1.67. The van der Waals surface area contributed by atoms with Gasteiger partial charge in [0.15, 0.2) is 0 Å². The lowest BCUT2D eigenvalue weighted by Gasteiger charge is -2.25. The molecule has 24 heavy (non-hydrogen) atoms. The Morgan fingerprint density at radius 1 is 1.29 bits per heavy atom. The van der Waals surface area contributed by atoms with Crippen molar-refractivity contribution in [2.45, 2.75) is 57.8 Å². The van der Waals surface area contributed by atoms with E-state index in [1.54, 1.807) is 12.1 Å². The summed E-state index contributed by atoms with van der Waals surface area (Å²) in [4.78, 5) is 2.40. The Kier molecular flexibility index (Phi) is 5.69. The maximum Gasteiger partial charge on any atom is 0.123 e. The van der Waals surface area contributed by atoms with Crippen molar-refractivity contribution in [2.24, 2.45) is 0 Å². The van der Waals surface area contributed by atoms with E-state index in [2.05, 4.69) is 22.5 Å². The number of aliphatic hydroxyl groups excluding tert-OH is 1. The van der Waals surface area contributed by atoms with Crippen molar-refractivity contribution in [3.8, 4) is 0 Å². The second-order valence-electron chi connectivity index (χ2n) is 6.86. The quantitative estimate of drug-likeness (QED) is 0.757. The van der Waals surface area contributed by atoms with Crippen molar-refractivity contribution >= 4 is 0 Å². The number of aliphatic hydroxyl groups is 1. The standard InChI is InChI=1S/C20H27FN2O/c1-2-5-20(24)15-23(18-9-10-18)14-19-8-4-11-22(19)13-16-6-3-7-17(21)12-16/h3-4,6-8,11-12,18,20,24H,2,5,9-10,13-15H2,1H3/t20-/m0/s1. The lowest BCUT2D eigenvalue weighted by molar-refractivity contribution is 0.0954. The van der Waals surface area contributed by atoms with E-state index in [-0.39, 0.29) is 11.9 Å². The summed E-state index contributed by atoms with van der Waals surface area (Å²) < 4.78 is 15.6. The molecule has 1 saturated carbocycles. The molecule has 0 amide bonds. The third-order valence-corrected chi connectivity index (χ3v) is 4.66. The summed E-state index contributed by atoms with van der Waals surface area (Å²) in [6.07, 6.45) is 6.12. The van der Waals surface area contributed by atoms with Crippen LogP contribution in [0, 0.1) is 5.82 Å². The van der Waals surface area contributed by atoms with Crippen molar-refractivity contribution < 1.29 is 9.50 Å². The van der Waals surface area contributed by atoms with Crippen molar-refractivity contribution in [3.63, 3.8) is 0 Å². The summed E-state index contributed by atoms with van der Waals surface area (Å²) >= 11 is 0. The van der Waals surface area contributed by atoms with Gasteiger partial charge >= 0.3 is 0 Å². The topological polar surface area (TPSA) is 28.4 Å². The molecule has 0 bridgehead atoms. The molecule has 1 atom stereocenters. The predicted octanol–water partition coefficient (Wildman–Crippen LogP) is 3.80. The Morgan fingerprint density at radius 3 is 2.83 bits per heavy atom. The largest absolute Gasteiger partial charge is 0.392 e. The normalized spacial score (nSPS) is 15.8. The third kappa shape index (κ3) is 4.68. The second kappa shape index (κ2) is 7.95. The number of hydrogen-bond acceptors (Lipinski definition) is 2. The fraction of sp³-hybridized carbons (Fsp3) is 0.500. The molecule has 1 N–H and O–H groups in total. The van der Waals surface area contributed by atoms with Crippen LogP contribution in [0.25, 0.3) is 0 Å². The molecule has 1 aliphatic rings. The smallest absolute Gasteiger partial charge is 0.123 e. The molecular weight excluding hydrogens is 303 g/mol. The maximum absolute atomic E-state index is 13.4. The lowest BCUT2D eigenvalue weighted by atomic mass is 10.2. The molecule has 3 nitrogen and oxygen atoms in total. The molecule has 130 valence electrons. The molecular formula is C20H27FN2O. The van der Waals surface area contributed by atoms with Gasteiger partial charge in [-0.05, 0) is 49.1 Å². The highest BCUT2D eigenvalue weighted by atomic mass is 19.1. The minimum absolute atomic E-state index is 0.191. The molecule has 0 spiro atoms. The van der Waals surface area contributed by atoms with Crippen LogP contribution in [-0.4, -0.2) is 33.3 Å². The first-order valence-electron chi connectivity index (χ1n) is 8.96. The van der Waals surface area contributed by atoms with Crippen LogP contribution < -0.4 is 0 Å².